The van der Waals surface area contributed by atoms with Gasteiger partial charge in [-0.2, -0.15) is 13.2 Å². The van der Waals surface area contributed by atoms with Crippen LogP contribution in [0.2, 0.25) is 0 Å². The van der Waals surface area contributed by atoms with Crippen molar-refractivity contribution < 1.29 is 18.0 Å². The summed E-state index contributed by atoms with van der Waals surface area (Å²) in [7, 11) is 1.75. The maximum absolute atomic E-state index is 13.1. The van der Waals surface area contributed by atoms with Crippen LogP contribution in [-0.4, -0.2) is 30.4 Å². The molecule has 1 saturated carbocycles. The normalized spacial score (nSPS) is 15.7. The number of amides is 1. The zero-order valence-corrected chi connectivity index (χ0v) is 14.0. The lowest BCUT2D eigenvalue weighted by Crippen LogP contribution is -2.39. The van der Waals surface area contributed by atoms with Crippen LogP contribution in [0.4, 0.5) is 13.2 Å². The third-order valence-corrected chi connectivity index (χ3v) is 3.87. The first-order valence-electron chi connectivity index (χ1n) is 7.44. The van der Waals surface area contributed by atoms with E-state index >= 15 is 0 Å². The summed E-state index contributed by atoms with van der Waals surface area (Å²) in [4.78, 5) is 14.1. The van der Waals surface area contributed by atoms with Crippen molar-refractivity contribution in [3.63, 3.8) is 0 Å². The van der Waals surface area contributed by atoms with Gasteiger partial charge < -0.3 is 10.2 Å². The summed E-state index contributed by atoms with van der Waals surface area (Å²) in [6.07, 6.45) is -2.66. The van der Waals surface area contributed by atoms with Crippen LogP contribution in [0.3, 0.4) is 0 Å². The van der Waals surface area contributed by atoms with Gasteiger partial charge in [0.15, 0.2) is 0 Å². The van der Waals surface area contributed by atoms with E-state index in [0.29, 0.717) is 6.54 Å². The molecular formula is C16H22ClF3N2O. The molecule has 0 radical (unpaired) electrons. The van der Waals surface area contributed by atoms with Gasteiger partial charge in [0.2, 0.25) is 5.91 Å². The van der Waals surface area contributed by atoms with E-state index in [1.807, 2.05) is 0 Å². The van der Waals surface area contributed by atoms with E-state index in [9.17, 15) is 18.0 Å². The molecule has 7 heteroatoms. The third kappa shape index (κ3) is 5.11. The second kappa shape index (κ2) is 8.02. The van der Waals surface area contributed by atoms with Gasteiger partial charge in [0.05, 0.1) is 5.56 Å². The number of nitrogens with zero attached hydrogens (tertiary/aromatic N) is 1. The highest BCUT2D eigenvalue weighted by Crippen LogP contribution is 2.35. The number of carbonyl (C=O) groups is 1. The van der Waals surface area contributed by atoms with Crippen molar-refractivity contribution in [1.82, 2.24) is 10.2 Å². The van der Waals surface area contributed by atoms with E-state index in [2.05, 4.69) is 5.32 Å². The fraction of sp³-hybridized carbons (Fsp3) is 0.562. The number of carbonyl (C=O) groups excluding carboxylic acids is 1. The minimum Gasteiger partial charge on any atom is -0.335 e. The number of halogens is 4. The minimum absolute atomic E-state index is 0. The Morgan fingerprint density at radius 1 is 1.35 bits per heavy atom. The fourth-order valence-corrected chi connectivity index (χ4v) is 2.57. The number of hydrogen-bond donors (Lipinski definition) is 1. The SMILES string of the molecule is CNCC(C)C(=O)N(Cc1ccccc1C(F)(F)F)C1CC1.Cl. The fourth-order valence-electron chi connectivity index (χ4n) is 2.57. The predicted molar refractivity (Wildman–Crippen MR) is 85.4 cm³/mol. The Hall–Kier alpha value is -1.27. The highest BCUT2D eigenvalue weighted by atomic mass is 35.5. The highest BCUT2D eigenvalue weighted by molar-refractivity contribution is 5.85. The van der Waals surface area contributed by atoms with Gasteiger partial charge in [-0.15, -0.1) is 12.4 Å². The van der Waals surface area contributed by atoms with Gasteiger partial charge in [0.25, 0.3) is 0 Å². The molecule has 1 aliphatic carbocycles. The van der Waals surface area contributed by atoms with Gasteiger partial charge >= 0.3 is 6.18 Å². The predicted octanol–water partition coefficient (Wildman–Crippen LogP) is 3.47. The molecule has 0 heterocycles. The zero-order valence-electron chi connectivity index (χ0n) is 13.2. The van der Waals surface area contributed by atoms with Crippen LogP contribution in [0.25, 0.3) is 0 Å². The Morgan fingerprint density at radius 2 is 1.96 bits per heavy atom. The summed E-state index contributed by atoms with van der Waals surface area (Å²) in [5.41, 5.74) is -0.498. The molecule has 0 saturated heterocycles. The molecule has 1 atom stereocenters. The van der Waals surface area contributed by atoms with Gasteiger partial charge in [0, 0.05) is 25.0 Å². The van der Waals surface area contributed by atoms with E-state index in [-0.39, 0.29) is 42.4 Å². The molecular weight excluding hydrogens is 329 g/mol. The van der Waals surface area contributed by atoms with Crippen molar-refractivity contribution in [1.29, 1.82) is 0 Å². The van der Waals surface area contributed by atoms with Crippen molar-refractivity contribution in [2.24, 2.45) is 5.92 Å². The number of alkyl halides is 3. The number of rotatable bonds is 6. The van der Waals surface area contributed by atoms with Gasteiger partial charge in [-0.1, -0.05) is 25.1 Å². The minimum atomic E-state index is -4.40. The van der Waals surface area contributed by atoms with Gasteiger partial charge in [-0.05, 0) is 31.5 Å². The Kier molecular flexibility index (Phi) is 6.89. The molecule has 1 aromatic carbocycles. The van der Waals surface area contributed by atoms with Crippen molar-refractivity contribution in [2.45, 2.75) is 38.5 Å². The van der Waals surface area contributed by atoms with Crippen LogP contribution in [0.1, 0.15) is 30.9 Å². The van der Waals surface area contributed by atoms with Crippen LogP contribution in [-0.2, 0) is 17.5 Å². The average Bonchev–Trinajstić information content (AvgIpc) is 3.28. The first kappa shape index (κ1) is 19.8. The van der Waals surface area contributed by atoms with Gasteiger partial charge in [0.1, 0.15) is 0 Å². The first-order chi connectivity index (χ1) is 10.3. The highest BCUT2D eigenvalue weighted by Gasteiger charge is 2.37. The van der Waals surface area contributed by atoms with Crippen molar-refractivity contribution in [3.8, 4) is 0 Å². The average molecular weight is 351 g/mol. The summed E-state index contributed by atoms with van der Waals surface area (Å²) >= 11 is 0. The number of nitrogens with one attached hydrogen (secondary N) is 1. The molecule has 130 valence electrons. The maximum Gasteiger partial charge on any atom is 0.416 e. The smallest absolute Gasteiger partial charge is 0.335 e. The largest absolute Gasteiger partial charge is 0.416 e. The summed E-state index contributed by atoms with van der Waals surface area (Å²) in [5.74, 6) is -0.336. The quantitative estimate of drug-likeness (QED) is 0.852. The van der Waals surface area contributed by atoms with E-state index < -0.39 is 11.7 Å². The van der Waals surface area contributed by atoms with E-state index in [4.69, 9.17) is 0 Å². The molecule has 1 aromatic rings. The molecule has 0 bridgehead atoms. The van der Waals surface area contributed by atoms with Crippen molar-refractivity contribution in [2.75, 3.05) is 13.6 Å². The Bertz CT molecular complexity index is 532. The van der Waals surface area contributed by atoms with E-state index in [0.717, 1.165) is 18.9 Å². The maximum atomic E-state index is 13.1. The molecule has 0 aliphatic heterocycles. The monoisotopic (exact) mass is 350 g/mol. The molecule has 0 spiro atoms. The van der Waals surface area contributed by atoms with Crippen LogP contribution in [0.15, 0.2) is 24.3 Å². The molecule has 1 amide bonds. The summed E-state index contributed by atoms with van der Waals surface area (Å²) < 4.78 is 39.2. The Balaban J connectivity index is 0.00000264. The molecule has 1 unspecified atom stereocenters. The standard InChI is InChI=1S/C16H21F3N2O.ClH/c1-11(9-20-2)15(22)21(13-7-8-13)10-12-5-3-4-6-14(12)16(17,18)19;/h3-6,11,13,20H,7-10H2,1-2H3;1H. The summed E-state index contributed by atoms with van der Waals surface area (Å²) in [6, 6.07) is 5.56. The lowest BCUT2D eigenvalue weighted by atomic mass is 10.0. The summed E-state index contributed by atoms with van der Waals surface area (Å²) in [6.45, 7) is 2.33. The van der Waals surface area contributed by atoms with E-state index in [1.165, 1.54) is 12.1 Å². The second-order valence-electron chi connectivity index (χ2n) is 5.81. The number of benzene rings is 1. The van der Waals surface area contributed by atoms with Crippen LogP contribution >= 0.6 is 12.4 Å². The van der Waals surface area contributed by atoms with Gasteiger partial charge in [-0.25, -0.2) is 0 Å². The Morgan fingerprint density at radius 3 is 2.48 bits per heavy atom. The molecule has 1 N–H and O–H groups in total. The molecule has 3 nitrogen and oxygen atoms in total. The molecule has 23 heavy (non-hydrogen) atoms. The van der Waals surface area contributed by atoms with E-state index in [1.54, 1.807) is 24.9 Å². The summed E-state index contributed by atoms with van der Waals surface area (Å²) in [5, 5.41) is 2.93. The molecule has 1 fully saturated rings. The zero-order chi connectivity index (χ0) is 16.3. The topological polar surface area (TPSA) is 32.3 Å². The molecule has 1 aliphatic rings. The van der Waals surface area contributed by atoms with Crippen LogP contribution in [0, 0.1) is 5.92 Å². The van der Waals surface area contributed by atoms with Crippen molar-refractivity contribution >= 4 is 18.3 Å². The van der Waals surface area contributed by atoms with Gasteiger partial charge in [-0.3, -0.25) is 4.79 Å². The third-order valence-electron chi connectivity index (χ3n) is 3.87. The first-order valence-corrected chi connectivity index (χ1v) is 7.44. The lowest BCUT2D eigenvalue weighted by Gasteiger charge is -2.27. The Labute approximate surface area is 140 Å². The van der Waals surface area contributed by atoms with Crippen molar-refractivity contribution in [3.05, 3.63) is 35.4 Å². The molecule has 0 aromatic heterocycles. The lowest BCUT2D eigenvalue weighted by molar-refractivity contribution is -0.141. The second-order valence-corrected chi connectivity index (χ2v) is 5.81. The van der Waals surface area contributed by atoms with Crippen LogP contribution < -0.4 is 5.32 Å². The number of hydrogen-bond acceptors (Lipinski definition) is 2. The van der Waals surface area contributed by atoms with Crippen LogP contribution in [0.5, 0.6) is 0 Å². The molecule has 2 rings (SSSR count).